The number of carbonyl (C=O) groups is 3. The minimum absolute atomic E-state index is 0.222. The van der Waals surface area contributed by atoms with Gasteiger partial charge in [-0.1, -0.05) is 0 Å². The summed E-state index contributed by atoms with van der Waals surface area (Å²) in [6.07, 6.45) is 0. The monoisotopic (exact) mass is 230 g/mol. The van der Waals surface area contributed by atoms with Crippen LogP contribution in [0.15, 0.2) is 0 Å². The van der Waals surface area contributed by atoms with E-state index >= 15 is 0 Å². The van der Waals surface area contributed by atoms with E-state index < -0.39 is 17.9 Å². The summed E-state index contributed by atoms with van der Waals surface area (Å²) in [5, 5.41) is 11.1. The third kappa shape index (κ3) is 4.77. The number of carboxylic acid groups (broad SMARTS) is 1. The molecule has 0 bridgehead atoms. The quantitative estimate of drug-likeness (QED) is 0.686. The van der Waals surface area contributed by atoms with Gasteiger partial charge in [0.25, 0.3) is 0 Å². The van der Waals surface area contributed by atoms with Gasteiger partial charge in [-0.05, 0) is 20.8 Å². The van der Waals surface area contributed by atoms with Crippen LogP contribution in [0.25, 0.3) is 0 Å². The summed E-state index contributed by atoms with van der Waals surface area (Å²) in [4.78, 5) is 34.4. The Hall–Kier alpha value is -1.59. The van der Waals surface area contributed by atoms with Crippen molar-refractivity contribution < 1.29 is 19.5 Å². The predicted molar refractivity (Wildman–Crippen MR) is 57.8 cm³/mol. The number of carbonyl (C=O) groups excluding carboxylic acids is 2. The van der Waals surface area contributed by atoms with Crippen molar-refractivity contribution in [1.82, 2.24) is 10.2 Å². The van der Waals surface area contributed by atoms with E-state index in [1.165, 1.54) is 18.7 Å². The Morgan fingerprint density at radius 3 is 2.06 bits per heavy atom. The number of carboxylic acids is 1. The lowest BCUT2D eigenvalue weighted by molar-refractivity contribution is -0.147. The van der Waals surface area contributed by atoms with E-state index in [1.54, 1.807) is 13.8 Å². The molecule has 0 aliphatic heterocycles. The molecule has 0 aliphatic carbocycles. The maximum absolute atomic E-state index is 11.8. The summed E-state index contributed by atoms with van der Waals surface area (Å²) < 4.78 is 0. The number of nitrogens with one attached hydrogen (secondary N) is 1. The van der Waals surface area contributed by atoms with E-state index in [0.29, 0.717) is 0 Å². The van der Waals surface area contributed by atoms with E-state index in [0.717, 1.165) is 0 Å². The molecule has 6 nitrogen and oxygen atoms in total. The van der Waals surface area contributed by atoms with Crippen molar-refractivity contribution in [2.24, 2.45) is 0 Å². The third-order valence-corrected chi connectivity index (χ3v) is 2.00. The van der Waals surface area contributed by atoms with Gasteiger partial charge < -0.3 is 15.3 Å². The largest absolute Gasteiger partial charge is 0.480 e. The molecule has 0 saturated heterocycles. The first-order chi connectivity index (χ1) is 7.25. The highest BCUT2D eigenvalue weighted by Gasteiger charge is 2.24. The van der Waals surface area contributed by atoms with Gasteiger partial charge >= 0.3 is 5.97 Å². The van der Waals surface area contributed by atoms with Gasteiger partial charge in [-0.2, -0.15) is 0 Å². The van der Waals surface area contributed by atoms with Crippen LogP contribution < -0.4 is 5.32 Å². The van der Waals surface area contributed by atoms with Gasteiger partial charge in [0.2, 0.25) is 11.8 Å². The molecule has 6 heteroatoms. The number of rotatable bonds is 5. The average Bonchev–Trinajstić information content (AvgIpc) is 2.11. The molecule has 0 rings (SSSR count). The molecule has 0 aromatic carbocycles. The minimum atomic E-state index is -1.07. The maximum atomic E-state index is 11.8. The van der Waals surface area contributed by atoms with Crippen LogP contribution in [0.5, 0.6) is 0 Å². The van der Waals surface area contributed by atoms with Crippen molar-refractivity contribution >= 4 is 17.8 Å². The van der Waals surface area contributed by atoms with Gasteiger partial charge in [0.1, 0.15) is 12.6 Å². The second-order valence-corrected chi connectivity index (χ2v) is 3.88. The first-order valence-corrected chi connectivity index (χ1v) is 5.05. The molecule has 0 fully saturated rings. The SMILES string of the molecule is CC(=O)NC(C)C(=O)N(CC(=O)O)C(C)C. The van der Waals surface area contributed by atoms with Crippen LogP contribution in [0.3, 0.4) is 0 Å². The van der Waals surface area contributed by atoms with Gasteiger partial charge in [-0.25, -0.2) is 0 Å². The van der Waals surface area contributed by atoms with Crippen molar-refractivity contribution in [2.45, 2.75) is 39.8 Å². The van der Waals surface area contributed by atoms with Crippen LogP contribution >= 0.6 is 0 Å². The average molecular weight is 230 g/mol. The van der Waals surface area contributed by atoms with E-state index in [1.807, 2.05) is 0 Å². The molecule has 0 aromatic rings. The van der Waals surface area contributed by atoms with Crippen molar-refractivity contribution in [3.8, 4) is 0 Å². The van der Waals surface area contributed by atoms with E-state index in [-0.39, 0.29) is 18.5 Å². The molecule has 2 amide bonds. The zero-order valence-corrected chi connectivity index (χ0v) is 9.98. The highest BCUT2D eigenvalue weighted by molar-refractivity contribution is 5.88. The van der Waals surface area contributed by atoms with Crippen molar-refractivity contribution in [3.63, 3.8) is 0 Å². The van der Waals surface area contributed by atoms with Crippen molar-refractivity contribution in [3.05, 3.63) is 0 Å². The van der Waals surface area contributed by atoms with Gasteiger partial charge in [-0.15, -0.1) is 0 Å². The molecule has 0 heterocycles. The molecule has 92 valence electrons. The molecule has 0 aliphatic rings. The van der Waals surface area contributed by atoms with Crippen LogP contribution in [0.2, 0.25) is 0 Å². The zero-order chi connectivity index (χ0) is 12.9. The Labute approximate surface area is 94.6 Å². The van der Waals surface area contributed by atoms with Crippen LogP contribution in [-0.2, 0) is 14.4 Å². The Balaban J connectivity index is 4.60. The van der Waals surface area contributed by atoms with E-state index in [4.69, 9.17) is 5.11 Å². The standard InChI is InChI=1S/C10H18N2O4/c1-6(2)12(5-9(14)15)10(16)7(3)11-8(4)13/h6-7H,5H2,1-4H3,(H,11,13)(H,14,15). The summed E-state index contributed by atoms with van der Waals surface area (Å²) in [5.41, 5.74) is 0. The molecule has 0 spiro atoms. The number of aliphatic carboxylic acids is 1. The Morgan fingerprint density at radius 1 is 1.25 bits per heavy atom. The van der Waals surface area contributed by atoms with Crippen LogP contribution in [0.1, 0.15) is 27.7 Å². The van der Waals surface area contributed by atoms with Gasteiger partial charge in [0, 0.05) is 13.0 Å². The van der Waals surface area contributed by atoms with Gasteiger partial charge in [-0.3, -0.25) is 14.4 Å². The summed E-state index contributed by atoms with van der Waals surface area (Å²) in [6, 6.07) is -0.931. The fourth-order valence-electron chi connectivity index (χ4n) is 1.28. The van der Waals surface area contributed by atoms with Gasteiger partial charge in [0.05, 0.1) is 0 Å². The van der Waals surface area contributed by atoms with Crippen LogP contribution in [0, 0.1) is 0 Å². The Morgan fingerprint density at radius 2 is 1.75 bits per heavy atom. The molecule has 1 atom stereocenters. The summed E-state index contributed by atoms with van der Waals surface area (Å²) >= 11 is 0. The molecular formula is C10H18N2O4. The number of hydrogen-bond acceptors (Lipinski definition) is 3. The van der Waals surface area contributed by atoms with Crippen LogP contribution in [0.4, 0.5) is 0 Å². The summed E-state index contributed by atoms with van der Waals surface area (Å²) in [5.74, 6) is -1.79. The van der Waals surface area contributed by atoms with Crippen LogP contribution in [-0.4, -0.2) is 46.4 Å². The molecule has 0 aromatic heterocycles. The number of hydrogen-bond donors (Lipinski definition) is 2. The topological polar surface area (TPSA) is 86.7 Å². The van der Waals surface area contributed by atoms with Gasteiger partial charge in [0.15, 0.2) is 0 Å². The number of nitrogens with zero attached hydrogens (tertiary/aromatic N) is 1. The Kier molecular flexibility index (Phi) is 5.49. The second-order valence-electron chi connectivity index (χ2n) is 3.88. The zero-order valence-electron chi connectivity index (χ0n) is 9.98. The minimum Gasteiger partial charge on any atom is -0.480 e. The summed E-state index contributed by atoms with van der Waals surface area (Å²) in [7, 11) is 0. The Bertz CT molecular complexity index is 289. The predicted octanol–water partition coefficient (Wildman–Crippen LogP) is -0.167. The summed E-state index contributed by atoms with van der Waals surface area (Å²) in [6.45, 7) is 5.92. The lowest BCUT2D eigenvalue weighted by atomic mass is 10.2. The smallest absolute Gasteiger partial charge is 0.323 e. The first-order valence-electron chi connectivity index (χ1n) is 5.05. The van der Waals surface area contributed by atoms with Crippen molar-refractivity contribution in [2.75, 3.05) is 6.54 Å². The molecule has 0 radical (unpaired) electrons. The molecular weight excluding hydrogens is 212 g/mol. The second kappa shape index (κ2) is 6.09. The maximum Gasteiger partial charge on any atom is 0.323 e. The molecule has 16 heavy (non-hydrogen) atoms. The third-order valence-electron chi connectivity index (χ3n) is 2.00. The fraction of sp³-hybridized carbons (Fsp3) is 0.700. The molecule has 2 N–H and O–H groups in total. The molecule has 1 unspecified atom stereocenters. The lowest BCUT2D eigenvalue weighted by Crippen LogP contribution is -2.50. The lowest BCUT2D eigenvalue weighted by Gasteiger charge is -2.27. The van der Waals surface area contributed by atoms with E-state index in [2.05, 4.69) is 5.32 Å². The highest BCUT2D eigenvalue weighted by Crippen LogP contribution is 2.02. The fourth-order valence-corrected chi connectivity index (χ4v) is 1.28. The number of amides is 2. The van der Waals surface area contributed by atoms with Crippen molar-refractivity contribution in [1.29, 1.82) is 0 Å². The first kappa shape index (κ1) is 14.4. The normalized spacial score (nSPS) is 12.1. The van der Waals surface area contributed by atoms with E-state index in [9.17, 15) is 14.4 Å². The molecule has 0 saturated carbocycles. The highest BCUT2D eigenvalue weighted by atomic mass is 16.4.